The molecular weight excluding hydrogens is 416 g/mol. The van der Waals surface area contributed by atoms with Crippen LogP contribution in [-0.4, -0.2) is 48.9 Å². The van der Waals surface area contributed by atoms with Gasteiger partial charge in [0, 0.05) is 25.6 Å². The van der Waals surface area contributed by atoms with Gasteiger partial charge in [-0.2, -0.15) is 0 Å². The molecule has 0 unspecified atom stereocenters. The van der Waals surface area contributed by atoms with Gasteiger partial charge in [-0.25, -0.2) is 0 Å². The number of benzene rings is 2. The normalized spacial score (nSPS) is 14.3. The lowest BCUT2D eigenvalue weighted by molar-refractivity contribution is -0.151. The van der Waals surface area contributed by atoms with Crippen LogP contribution in [0.5, 0.6) is 0 Å². The summed E-state index contributed by atoms with van der Waals surface area (Å²) in [6.07, 6.45) is 5.65. The largest absolute Gasteiger partial charge is 0.464 e. The van der Waals surface area contributed by atoms with E-state index in [0.29, 0.717) is 45.3 Å². The number of likely N-dealkylation sites (tertiary alicyclic amines) is 1. The van der Waals surface area contributed by atoms with Gasteiger partial charge in [-0.15, -0.1) is 0 Å². The number of nitrogens with zero attached hydrogens (tertiary/aromatic N) is 1. The Morgan fingerprint density at radius 1 is 1.03 bits per heavy atom. The number of hydrogen-bond acceptors (Lipinski definition) is 4. The summed E-state index contributed by atoms with van der Waals surface area (Å²) in [6.45, 7) is 3.57. The van der Waals surface area contributed by atoms with Crippen molar-refractivity contribution in [3.8, 4) is 0 Å². The first-order chi connectivity index (χ1) is 16.0. The van der Waals surface area contributed by atoms with Crippen LogP contribution in [0.1, 0.15) is 36.0 Å². The highest BCUT2D eigenvalue weighted by Crippen LogP contribution is 2.19. The Kier molecular flexibility index (Phi) is 9.24. The van der Waals surface area contributed by atoms with E-state index in [9.17, 15) is 14.4 Å². The van der Waals surface area contributed by atoms with Crippen molar-refractivity contribution in [3.63, 3.8) is 0 Å². The Bertz CT molecular complexity index is 946. The van der Waals surface area contributed by atoms with Gasteiger partial charge in [0.2, 0.25) is 11.8 Å². The molecule has 1 fully saturated rings. The van der Waals surface area contributed by atoms with Gasteiger partial charge >= 0.3 is 5.97 Å². The number of hydrogen-bond donors (Lipinski definition) is 1. The van der Waals surface area contributed by atoms with E-state index in [0.717, 1.165) is 11.1 Å². The first-order valence-corrected chi connectivity index (χ1v) is 11.5. The number of nitrogens with one attached hydrogen (secondary N) is 1. The predicted octanol–water partition coefficient (Wildman–Crippen LogP) is 3.54. The number of amides is 2. The highest BCUT2D eigenvalue weighted by Gasteiger charge is 2.27. The van der Waals surface area contributed by atoms with Crippen LogP contribution in [-0.2, 0) is 25.5 Å². The van der Waals surface area contributed by atoms with Gasteiger partial charge in [0.1, 0.15) is 6.61 Å². The minimum atomic E-state index is -0.254. The molecule has 0 saturated carbocycles. The molecule has 0 atom stereocenters. The standard InChI is InChI=1S/C27H32N2O4/c1-21-7-9-23(10-8-21)11-13-25(30)28-17-20-33-27(32)24-15-18-29(19-16-24)26(31)14-12-22-5-3-2-4-6-22/h2-10,12,14,24H,11,13,15-20H2,1H3,(H,28,30)/b14-12+. The van der Waals surface area contributed by atoms with Crippen LogP contribution in [0.2, 0.25) is 0 Å². The summed E-state index contributed by atoms with van der Waals surface area (Å²) in [4.78, 5) is 38.4. The molecule has 1 aliphatic heterocycles. The van der Waals surface area contributed by atoms with Crippen molar-refractivity contribution in [1.82, 2.24) is 10.2 Å². The van der Waals surface area contributed by atoms with Crippen LogP contribution < -0.4 is 5.32 Å². The third kappa shape index (κ3) is 8.22. The second kappa shape index (κ2) is 12.6. The Balaban J connectivity index is 1.28. The number of ether oxygens (including phenoxy) is 1. The third-order valence-corrected chi connectivity index (χ3v) is 5.79. The number of rotatable bonds is 9. The maximum absolute atomic E-state index is 12.4. The Morgan fingerprint density at radius 2 is 1.73 bits per heavy atom. The van der Waals surface area contributed by atoms with E-state index in [-0.39, 0.29) is 30.3 Å². The van der Waals surface area contributed by atoms with Gasteiger partial charge in [0.25, 0.3) is 0 Å². The van der Waals surface area contributed by atoms with Crippen LogP contribution in [0.4, 0.5) is 0 Å². The molecule has 2 aromatic rings. The van der Waals surface area contributed by atoms with Gasteiger partial charge < -0.3 is 15.0 Å². The quantitative estimate of drug-likeness (QED) is 0.362. The van der Waals surface area contributed by atoms with Crippen LogP contribution in [0, 0.1) is 12.8 Å². The number of carbonyl (C=O) groups excluding carboxylic acids is 3. The van der Waals surface area contributed by atoms with Gasteiger partial charge in [-0.3, -0.25) is 14.4 Å². The van der Waals surface area contributed by atoms with E-state index in [2.05, 4.69) is 5.32 Å². The fraction of sp³-hybridized carbons (Fsp3) is 0.370. The van der Waals surface area contributed by atoms with E-state index in [4.69, 9.17) is 4.74 Å². The van der Waals surface area contributed by atoms with E-state index < -0.39 is 0 Å². The lowest BCUT2D eigenvalue weighted by Crippen LogP contribution is -2.40. The van der Waals surface area contributed by atoms with Crippen molar-refractivity contribution < 1.29 is 19.1 Å². The first kappa shape index (κ1) is 24.2. The second-order valence-corrected chi connectivity index (χ2v) is 8.35. The average molecular weight is 449 g/mol. The highest BCUT2D eigenvalue weighted by molar-refractivity contribution is 5.92. The summed E-state index contributed by atoms with van der Waals surface area (Å²) in [7, 11) is 0. The molecule has 33 heavy (non-hydrogen) atoms. The van der Waals surface area contributed by atoms with Crippen molar-refractivity contribution in [1.29, 1.82) is 0 Å². The molecule has 2 aromatic carbocycles. The van der Waals surface area contributed by atoms with E-state index in [1.165, 1.54) is 5.56 Å². The molecule has 1 aliphatic rings. The summed E-state index contributed by atoms with van der Waals surface area (Å²) in [5.41, 5.74) is 3.30. The number of carbonyl (C=O) groups is 3. The van der Waals surface area contributed by atoms with Gasteiger partial charge in [-0.05, 0) is 43.4 Å². The van der Waals surface area contributed by atoms with E-state index >= 15 is 0 Å². The van der Waals surface area contributed by atoms with Crippen LogP contribution in [0.15, 0.2) is 60.7 Å². The maximum atomic E-state index is 12.4. The minimum absolute atomic E-state index is 0.0426. The van der Waals surface area contributed by atoms with Crippen LogP contribution in [0.25, 0.3) is 6.08 Å². The zero-order valence-corrected chi connectivity index (χ0v) is 19.2. The minimum Gasteiger partial charge on any atom is -0.464 e. The summed E-state index contributed by atoms with van der Waals surface area (Å²) < 4.78 is 5.34. The fourth-order valence-electron chi connectivity index (χ4n) is 3.73. The van der Waals surface area contributed by atoms with E-state index in [1.807, 2.05) is 61.5 Å². The highest BCUT2D eigenvalue weighted by atomic mass is 16.5. The SMILES string of the molecule is Cc1ccc(CCC(=O)NCCOC(=O)C2CCN(C(=O)/C=C/c3ccccc3)CC2)cc1. The van der Waals surface area contributed by atoms with Gasteiger partial charge in [0.05, 0.1) is 12.5 Å². The molecular formula is C27H32N2O4. The van der Waals surface area contributed by atoms with Crippen molar-refractivity contribution in [3.05, 3.63) is 77.4 Å². The molecule has 0 spiro atoms. The van der Waals surface area contributed by atoms with E-state index in [1.54, 1.807) is 17.1 Å². The average Bonchev–Trinajstić information content (AvgIpc) is 2.85. The Morgan fingerprint density at radius 3 is 2.42 bits per heavy atom. The molecule has 0 aliphatic carbocycles. The lowest BCUT2D eigenvalue weighted by Gasteiger charge is -2.30. The summed E-state index contributed by atoms with van der Waals surface area (Å²) in [5.74, 6) is -0.554. The molecule has 0 radical (unpaired) electrons. The lowest BCUT2D eigenvalue weighted by atomic mass is 9.97. The van der Waals surface area contributed by atoms with Crippen molar-refractivity contribution in [2.75, 3.05) is 26.2 Å². The predicted molar refractivity (Wildman–Crippen MR) is 128 cm³/mol. The molecule has 3 rings (SSSR count). The van der Waals surface area contributed by atoms with Crippen LogP contribution in [0.3, 0.4) is 0 Å². The molecule has 174 valence electrons. The first-order valence-electron chi connectivity index (χ1n) is 11.5. The fourth-order valence-corrected chi connectivity index (χ4v) is 3.73. The molecule has 1 N–H and O–H groups in total. The number of piperidine rings is 1. The van der Waals surface area contributed by atoms with Crippen molar-refractivity contribution in [2.45, 2.75) is 32.6 Å². The molecule has 0 bridgehead atoms. The monoisotopic (exact) mass is 448 g/mol. The summed E-state index contributed by atoms with van der Waals surface area (Å²) >= 11 is 0. The zero-order valence-electron chi connectivity index (χ0n) is 19.2. The second-order valence-electron chi connectivity index (χ2n) is 8.35. The topological polar surface area (TPSA) is 75.7 Å². The summed E-state index contributed by atoms with van der Waals surface area (Å²) in [6, 6.07) is 17.8. The van der Waals surface area contributed by atoms with Crippen LogP contribution >= 0.6 is 0 Å². The molecule has 0 aromatic heterocycles. The molecule has 1 saturated heterocycles. The molecule has 6 nitrogen and oxygen atoms in total. The molecule has 2 amide bonds. The van der Waals surface area contributed by atoms with Gasteiger partial charge in [0.15, 0.2) is 0 Å². The van der Waals surface area contributed by atoms with Gasteiger partial charge in [-0.1, -0.05) is 60.2 Å². The van der Waals surface area contributed by atoms with Crippen molar-refractivity contribution >= 4 is 23.9 Å². The molecule has 6 heteroatoms. The summed E-state index contributed by atoms with van der Waals surface area (Å²) in [5, 5.41) is 2.80. The zero-order chi connectivity index (χ0) is 23.5. The Labute approximate surface area is 195 Å². The number of aryl methyl sites for hydroxylation is 2. The maximum Gasteiger partial charge on any atom is 0.309 e. The molecule has 1 heterocycles. The smallest absolute Gasteiger partial charge is 0.309 e. The third-order valence-electron chi connectivity index (χ3n) is 5.79. The Hall–Kier alpha value is -3.41. The number of esters is 1. The van der Waals surface area contributed by atoms with Crippen molar-refractivity contribution in [2.24, 2.45) is 5.92 Å².